The Bertz CT molecular complexity index is 784. The summed E-state index contributed by atoms with van der Waals surface area (Å²) < 4.78 is 31.6. The number of aryl methyl sites for hydroxylation is 2. The Hall–Kier alpha value is -2.61. The number of aromatic nitrogens is 2. The molecular formula is C17H18F2N4O2. The molecule has 25 heavy (non-hydrogen) atoms. The normalized spacial score (nSPS) is 14.5. The molecule has 2 aromatic rings. The van der Waals surface area contributed by atoms with E-state index in [1.165, 1.54) is 6.07 Å². The van der Waals surface area contributed by atoms with Crippen LogP contribution < -0.4 is 10.2 Å². The average Bonchev–Trinajstić information content (AvgIpc) is 2.61. The second-order valence-corrected chi connectivity index (χ2v) is 5.75. The van der Waals surface area contributed by atoms with Crippen LogP contribution in [0.25, 0.3) is 0 Å². The lowest BCUT2D eigenvalue weighted by Gasteiger charge is -2.27. The Morgan fingerprint density at radius 1 is 1.12 bits per heavy atom. The number of nitrogens with zero attached hydrogens (tertiary/aromatic N) is 3. The van der Waals surface area contributed by atoms with Crippen molar-refractivity contribution in [3.8, 4) is 0 Å². The van der Waals surface area contributed by atoms with Gasteiger partial charge in [-0.1, -0.05) is 0 Å². The molecule has 1 amide bonds. The molecule has 0 spiro atoms. The first-order valence-electron chi connectivity index (χ1n) is 7.90. The summed E-state index contributed by atoms with van der Waals surface area (Å²) in [7, 11) is 0. The van der Waals surface area contributed by atoms with Crippen molar-refractivity contribution < 1.29 is 18.3 Å². The summed E-state index contributed by atoms with van der Waals surface area (Å²) in [5, 5.41) is 2.68. The lowest BCUT2D eigenvalue weighted by atomic mass is 10.2. The molecule has 132 valence electrons. The summed E-state index contributed by atoms with van der Waals surface area (Å²) >= 11 is 0. The van der Waals surface area contributed by atoms with Crippen molar-refractivity contribution in [2.75, 3.05) is 36.5 Å². The van der Waals surface area contributed by atoms with Gasteiger partial charge in [-0.3, -0.25) is 4.79 Å². The Kier molecular flexibility index (Phi) is 4.89. The molecule has 1 aromatic heterocycles. The number of amides is 1. The number of morpholine rings is 1. The van der Waals surface area contributed by atoms with E-state index in [9.17, 15) is 13.6 Å². The summed E-state index contributed by atoms with van der Waals surface area (Å²) in [6, 6.07) is 3.00. The maximum Gasteiger partial charge on any atom is 0.255 e. The zero-order chi connectivity index (χ0) is 18.0. The maximum atomic E-state index is 13.3. The number of carbonyl (C=O) groups is 1. The van der Waals surface area contributed by atoms with Crippen LogP contribution in [0.15, 0.2) is 18.2 Å². The highest BCUT2D eigenvalue weighted by Crippen LogP contribution is 2.22. The Morgan fingerprint density at radius 3 is 2.36 bits per heavy atom. The second-order valence-electron chi connectivity index (χ2n) is 5.75. The number of ether oxygens (including phenoxy) is 1. The molecule has 1 fully saturated rings. The molecule has 0 aliphatic carbocycles. The van der Waals surface area contributed by atoms with E-state index in [1.54, 1.807) is 13.8 Å². The first kappa shape index (κ1) is 17.2. The number of carbonyl (C=O) groups excluding carboxylic acids is 1. The summed E-state index contributed by atoms with van der Waals surface area (Å²) in [6.45, 7) is 6.18. The van der Waals surface area contributed by atoms with Gasteiger partial charge in [-0.05, 0) is 32.0 Å². The minimum atomic E-state index is -1.07. The van der Waals surface area contributed by atoms with Gasteiger partial charge in [0.05, 0.1) is 30.3 Å². The Morgan fingerprint density at radius 2 is 1.76 bits per heavy atom. The molecule has 0 radical (unpaired) electrons. The summed E-state index contributed by atoms with van der Waals surface area (Å²) in [4.78, 5) is 23.2. The van der Waals surface area contributed by atoms with Crippen molar-refractivity contribution in [2.45, 2.75) is 13.8 Å². The van der Waals surface area contributed by atoms with Crippen molar-refractivity contribution in [3.63, 3.8) is 0 Å². The number of anilines is 2. The van der Waals surface area contributed by atoms with E-state index in [0.29, 0.717) is 49.3 Å². The third kappa shape index (κ3) is 3.74. The van der Waals surface area contributed by atoms with E-state index >= 15 is 0 Å². The van der Waals surface area contributed by atoms with E-state index in [1.807, 2.05) is 4.90 Å². The molecule has 1 aromatic carbocycles. The third-order valence-electron chi connectivity index (χ3n) is 3.97. The lowest BCUT2D eigenvalue weighted by molar-refractivity contribution is 0.102. The fourth-order valence-corrected chi connectivity index (χ4v) is 2.61. The zero-order valence-corrected chi connectivity index (χ0v) is 14.0. The third-order valence-corrected chi connectivity index (χ3v) is 3.97. The number of halogens is 2. The molecule has 8 heteroatoms. The molecule has 0 saturated carbocycles. The molecule has 1 aliphatic heterocycles. The standard InChI is InChI=1S/C17H18F2N4O2/c1-10-15(22-16(24)12-3-4-13(18)14(19)9-12)11(2)21-17(20-10)23-5-7-25-8-6-23/h3-4,9H,5-8H2,1-2H3,(H,22,24). The monoisotopic (exact) mass is 348 g/mol. The predicted molar refractivity (Wildman–Crippen MR) is 88.8 cm³/mol. The maximum absolute atomic E-state index is 13.3. The molecule has 0 bridgehead atoms. The molecule has 2 heterocycles. The largest absolute Gasteiger partial charge is 0.378 e. The quantitative estimate of drug-likeness (QED) is 0.923. The van der Waals surface area contributed by atoms with E-state index < -0.39 is 17.5 Å². The van der Waals surface area contributed by atoms with Crippen LogP contribution in [0.2, 0.25) is 0 Å². The van der Waals surface area contributed by atoms with Crippen LogP contribution in [0.3, 0.4) is 0 Å². The van der Waals surface area contributed by atoms with Crippen molar-refractivity contribution in [1.82, 2.24) is 9.97 Å². The topological polar surface area (TPSA) is 67.3 Å². The van der Waals surface area contributed by atoms with Crippen LogP contribution in [0.5, 0.6) is 0 Å². The van der Waals surface area contributed by atoms with Crippen molar-refractivity contribution >= 4 is 17.5 Å². The summed E-state index contributed by atoms with van der Waals surface area (Å²) in [6.07, 6.45) is 0. The fourth-order valence-electron chi connectivity index (χ4n) is 2.61. The van der Waals surface area contributed by atoms with Gasteiger partial charge in [0.1, 0.15) is 0 Å². The van der Waals surface area contributed by atoms with Crippen LogP contribution >= 0.6 is 0 Å². The molecule has 1 aliphatic rings. The minimum absolute atomic E-state index is 0.0231. The van der Waals surface area contributed by atoms with Gasteiger partial charge in [0.15, 0.2) is 11.6 Å². The lowest BCUT2D eigenvalue weighted by Crippen LogP contribution is -2.37. The predicted octanol–water partition coefficient (Wildman–Crippen LogP) is 2.46. The van der Waals surface area contributed by atoms with E-state index in [-0.39, 0.29) is 5.56 Å². The molecule has 1 N–H and O–H groups in total. The van der Waals surface area contributed by atoms with E-state index in [0.717, 1.165) is 12.1 Å². The smallest absolute Gasteiger partial charge is 0.255 e. The summed E-state index contributed by atoms with van der Waals surface area (Å²) in [5.74, 6) is -2.03. The highest BCUT2D eigenvalue weighted by molar-refractivity contribution is 6.04. The van der Waals surface area contributed by atoms with Gasteiger partial charge in [0.25, 0.3) is 5.91 Å². The number of nitrogens with one attached hydrogen (secondary N) is 1. The van der Waals surface area contributed by atoms with E-state index in [4.69, 9.17) is 4.74 Å². The highest BCUT2D eigenvalue weighted by atomic mass is 19.2. The molecule has 3 rings (SSSR count). The van der Waals surface area contributed by atoms with Crippen LogP contribution in [-0.4, -0.2) is 42.2 Å². The molecule has 6 nitrogen and oxygen atoms in total. The molecule has 0 atom stereocenters. The Labute approximate surface area is 143 Å². The van der Waals surface area contributed by atoms with E-state index in [2.05, 4.69) is 15.3 Å². The molecular weight excluding hydrogens is 330 g/mol. The molecule has 0 unspecified atom stereocenters. The van der Waals surface area contributed by atoms with Gasteiger partial charge in [0.2, 0.25) is 5.95 Å². The number of rotatable bonds is 3. The Balaban J connectivity index is 1.82. The zero-order valence-electron chi connectivity index (χ0n) is 14.0. The van der Waals surface area contributed by atoms with Gasteiger partial charge in [-0.2, -0.15) is 0 Å². The first-order chi connectivity index (χ1) is 12.0. The van der Waals surface area contributed by atoms with Crippen molar-refractivity contribution in [2.24, 2.45) is 0 Å². The van der Waals surface area contributed by atoms with Crippen LogP contribution in [0.4, 0.5) is 20.4 Å². The number of benzene rings is 1. The molecule has 1 saturated heterocycles. The van der Waals surface area contributed by atoms with Gasteiger partial charge in [-0.25, -0.2) is 18.7 Å². The van der Waals surface area contributed by atoms with Crippen molar-refractivity contribution in [3.05, 3.63) is 46.8 Å². The van der Waals surface area contributed by atoms with Gasteiger partial charge in [-0.15, -0.1) is 0 Å². The first-order valence-corrected chi connectivity index (χ1v) is 7.90. The average molecular weight is 348 g/mol. The van der Waals surface area contributed by atoms with Crippen LogP contribution in [0.1, 0.15) is 21.7 Å². The SMILES string of the molecule is Cc1nc(N2CCOCC2)nc(C)c1NC(=O)c1ccc(F)c(F)c1. The highest BCUT2D eigenvalue weighted by Gasteiger charge is 2.18. The second kappa shape index (κ2) is 7.10. The van der Waals surface area contributed by atoms with Crippen LogP contribution in [0, 0.1) is 25.5 Å². The fraction of sp³-hybridized carbons (Fsp3) is 0.353. The van der Waals surface area contributed by atoms with Gasteiger partial charge in [0, 0.05) is 18.7 Å². The number of hydrogen-bond donors (Lipinski definition) is 1. The van der Waals surface area contributed by atoms with Gasteiger partial charge >= 0.3 is 0 Å². The van der Waals surface area contributed by atoms with Gasteiger partial charge < -0.3 is 15.0 Å². The number of hydrogen-bond acceptors (Lipinski definition) is 5. The summed E-state index contributed by atoms with van der Waals surface area (Å²) in [5.41, 5.74) is 1.69. The van der Waals surface area contributed by atoms with Crippen LogP contribution in [-0.2, 0) is 4.74 Å². The van der Waals surface area contributed by atoms with Crippen molar-refractivity contribution in [1.29, 1.82) is 0 Å². The minimum Gasteiger partial charge on any atom is -0.378 e.